The largest absolute Gasteiger partial charge is 0.324 e. The van der Waals surface area contributed by atoms with Crippen molar-refractivity contribution in [3.63, 3.8) is 0 Å². The van der Waals surface area contributed by atoms with E-state index in [0.29, 0.717) is 11.6 Å². The Labute approximate surface area is 119 Å². The molecule has 0 spiro atoms. The van der Waals surface area contributed by atoms with E-state index in [1.165, 1.54) is 0 Å². The Bertz CT molecular complexity index is 553. The molecular formula is C12H14BrClN4. The monoisotopic (exact) mass is 328 g/mol. The molecule has 4 nitrogen and oxygen atoms in total. The smallest absolute Gasteiger partial charge is 0.165 e. The minimum Gasteiger partial charge on any atom is -0.324 e. The number of halogens is 2. The first-order chi connectivity index (χ1) is 8.67. The van der Waals surface area contributed by atoms with Gasteiger partial charge in [-0.1, -0.05) is 18.5 Å². The average molecular weight is 330 g/mol. The maximum absolute atomic E-state index is 5.95. The molecule has 2 rings (SSSR count). The number of aromatic nitrogens is 3. The molecule has 0 aliphatic carbocycles. The Kier molecular flexibility index (Phi) is 4.37. The third kappa shape index (κ3) is 2.58. The van der Waals surface area contributed by atoms with Crippen molar-refractivity contribution in [3.05, 3.63) is 33.5 Å². The first-order valence-electron chi connectivity index (χ1n) is 5.75. The molecule has 0 unspecified atom stereocenters. The molecule has 0 atom stereocenters. The van der Waals surface area contributed by atoms with Gasteiger partial charge in [-0.15, -0.1) is 10.2 Å². The van der Waals surface area contributed by atoms with Crippen LogP contribution in [0.3, 0.4) is 0 Å². The number of rotatable bonds is 4. The number of hydrogen-bond acceptors (Lipinski definition) is 3. The van der Waals surface area contributed by atoms with Gasteiger partial charge in [0.2, 0.25) is 0 Å². The highest BCUT2D eigenvalue weighted by atomic mass is 79.9. The van der Waals surface area contributed by atoms with E-state index in [1.807, 2.05) is 22.8 Å². The van der Waals surface area contributed by atoms with Gasteiger partial charge in [-0.25, -0.2) is 0 Å². The summed E-state index contributed by atoms with van der Waals surface area (Å²) in [5.41, 5.74) is 6.65. The lowest BCUT2D eigenvalue weighted by atomic mass is 10.2. The van der Waals surface area contributed by atoms with Crippen LogP contribution in [0.4, 0.5) is 0 Å². The quantitative estimate of drug-likeness (QED) is 0.937. The zero-order valence-corrected chi connectivity index (χ0v) is 12.4. The zero-order chi connectivity index (χ0) is 13.1. The fourth-order valence-corrected chi connectivity index (χ4v) is 2.67. The predicted octanol–water partition coefficient (Wildman–Crippen LogP) is 3.23. The molecule has 0 aliphatic rings. The maximum Gasteiger partial charge on any atom is 0.165 e. The Hall–Kier alpha value is -0.910. The first kappa shape index (κ1) is 13.5. The highest BCUT2D eigenvalue weighted by Crippen LogP contribution is 2.30. The van der Waals surface area contributed by atoms with Crippen molar-refractivity contribution in [2.45, 2.75) is 26.4 Å². The van der Waals surface area contributed by atoms with Crippen molar-refractivity contribution in [1.29, 1.82) is 0 Å². The van der Waals surface area contributed by atoms with Crippen molar-refractivity contribution in [2.75, 3.05) is 0 Å². The van der Waals surface area contributed by atoms with Crippen LogP contribution in [0.1, 0.15) is 19.2 Å². The van der Waals surface area contributed by atoms with Gasteiger partial charge in [0, 0.05) is 21.6 Å². The van der Waals surface area contributed by atoms with Gasteiger partial charge in [0.15, 0.2) is 5.82 Å². The molecule has 0 saturated carbocycles. The van der Waals surface area contributed by atoms with Crippen LogP contribution < -0.4 is 5.73 Å². The lowest BCUT2D eigenvalue weighted by molar-refractivity contribution is 0.644. The number of hydrogen-bond donors (Lipinski definition) is 1. The molecule has 0 aliphatic heterocycles. The summed E-state index contributed by atoms with van der Waals surface area (Å²) in [6.45, 7) is 3.35. The van der Waals surface area contributed by atoms with Crippen molar-refractivity contribution in [3.8, 4) is 11.4 Å². The first-order valence-corrected chi connectivity index (χ1v) is 6.92. The van der Waals surface area contributed by atoms with E-state index in [2.05, 4.69) is 33.1 Å². The molecule has 18 heavy (non-hydrogen) atoms. The molecule has 1 aromatic heterocycles. The van der Waals surface area contributed by atoms with Crippen molar-refractivity contribution >= 4 is 27.5 Å². The van der Waals surface area contributed by atoms with Crippen molar-refractivity contribution < 1.29 is 0 Å². The van der Waals surface area contributed by atoms with Crippen LogP contribution in [0.2, 0.25) is 5.02 Å². The number of nitrogens with zero attached hydrogens (tertiary/aromatic N) is 3. The minimum absolute atomic E-state index is 0.387. The summed E-state index contributed by atoms with van der Waals surface area (Å²) in [6.07, 6.45) is 1.00. The molecule has 0 saturated heterocycles. The molecule has 6 heteroatoms. The van der Waals surface area contributed by atoms with Gasteiger partial charge < -0.3 is 10.3 Å². The Morgan fingerprint density at radius 1 is 1.39 bits per heavy atom. The Morgan fingerprint density at radius 3 is 2.78 bits per heavy atom. The summed E-state index contributed by atoms with van der Waals surface area (Å²) < 4.78 is 2.96. The van der Waals surface area contributed by atoms with Gasteiger partial charge in [-0.2, -0.15) is 0 Å². The van der Waals surface area contributed by atoms with Crippen LogP contribution in [0, 0.1) is 0 Å². The molecule has 0 radical (unpaired) electrons. The highest BCUT2D eigenvalue weighted by Gasteiger charge is 2.14. The molecule has 96 valence electrons. The normalized spacial score (nSPS) is 10.9. The summed E-state index contributed by atoms with van der Waals surface area (Å²) in [6, 6.07) is 5.63. The van der Waals surface area contributed by atoms with E-state index >= 15 is 0 Å². The summed E-state index contributed by atoms with van der Waals surface area (Å²) in [5.74, 6) is 1.62. The number of benzene rings is 1. The predicted molar refractivity (Wildman–Crippen MR) is 76.4 cm³/mol. The number of nitrogens with two attached hydrogens (primary N) is 1. The highest BCUT2D eigenvalue weighted by molar-refractivity contribution is 9.10. The second-order valence-electron chi connectivity index (χ2n) is 3.92. The molecule has 0 fully saturated rings. The van der Waals surface area contributed by atoms with Gasteiger partial charge in [0.25, 0.3) is 0 Å². The van der Waals surface area contributed by atoms with Gasteiger partial charge in [0.05, 0.1) is 6.54 Å². The summed E-state index contributed by atoms with van der Waals surface area (Å²) >= 11 is 9.45. The topological polar surface area (TPSA) is 56.7 Å². The van der Waals surface area contributed by atoms with Crippen LogP contribution >= 0.6 is 27.5 Å². The average Bonchev–Trinajstić information content (AvgIpc) is 2.73. The van der Waals surface area contributed by atoms with E-state index in [0.717, 1.165) is 34.7 Å². The summed E-state index contributed by atoms with van der Waals surface area (Å²) in [4.78, 5) is 0. The van der Waals surface area contributed by atoms with Crippen LogP contribution in [0.5, 0.6) is 0 Å². The lowest BCUT2D eigenvalue weighted by Gasteiger charge is -2.09. The Morgan fingerprint density at radius 2 is 2.17 bits per heavy atom. The standard InChI is InChI=1S/C12H14BrClN4/c1-2-5-18-11(7-15)16-17-12(18)9-4-3-8(14)6-10(9)13/h3-4,6H,2,5,7,15H2,1H3. The SMILES string of the molecule is CCCn1c(CN)nnc1-c1ccc(Cl)cc1Br. The third-order valence-electron chi connectivity index (χ3n) is 2.63. The second kappa shape index (κ2) is 5.82. The lowest BCUT2D eigenvalue weighted by Crippen LogP contribution is -2.09. The van der Waals surface area contributed by atoms with E-state index in [-0.39, 0.29) is 0 Å². The molecule has 1 aromatic carbocycles. The summed E-state index contributed by atoms with van der Waals surface area (Å²) in [7, 11) is 0. The van der Waals surface area contributed by atoms with Gasteiger partial charge >= 0.3 is 0 Å². The van der Waals surface area contributed by atoms with Crippen molar-refractivity contribution in [1.82, 2.24) is 14.8 Å². The van der Waals surface area contributed by atoms with Gasteiger partial charge in [-0.3, -0.25) is 0 Å². The maximum atomic E-state index is 5.95. The third-order valence-corrected chi connectivity index (χ3v) is 3.52. The Balaban J connectivity index is 2.52. The van der Waals surface area contributed by atoms with Crippen molar-refractivity contribution in [2.24, 2.45) is 5.73 Å². The van der Waals surface area contributed by atoms with Crippen LogP contribution in [0.15, 0.2) is 22.7 Å². The van der Waals surface area contributed by atoms with Crippen LogP contribution in [-0.4, -0.2) is 14.8 Å². The molecule has 1 heterocycles. The molecule has 2 N–H and O–H groups in total. The van der Waals surface area contributed by atoms with Gasteiger partial charge in [0.1, 0.15) is 5.82 Å². The molecular weight excluding hydrogens is 316 g/mol. The van der Waals surface area contributed by atoms with Gasteiger partial charge in [-0.05, 0) is 40.5 Å². The minimum atomic E-state index is 0.387. The summed E-state index contributed by atoms with van der Waals surface area (Å²) in [5, 5.41) is 9.04. The molecule has 0 amide bonds. The molecule has 0 bridgehead atoms. The van der Waals surface area contributed by atoms with E-state index < -0.39 is 0 Å². The fraction of sp³-hybridized carbons (Fsp3) is 0.333. The van der Waals surface area contributed by atoms with Crippen LogP contribution in [-0.2, 0) is 13.1 Å². The molecule has 2 aromatic rings. The van der Waals surface area contributed by atoms with Crippen LogP contribution in [0.25, 0.3) is 11.4 Å². The van der Waals surface area contributed by atoms with E-state index in [1.54, 1.807) is 0 Å². The second-order valence-corrected chi connectivity index (χ2v) is 5.21. The van der Waals surface area contributed by atoms with E-state index in [4.69, 9.17) is 17.3 Å². The zero-order valence-electron chi connectivity index (χ0n) is 10.0. The van der Waals surface area contributed by atoms with E-state index in [9.17, 15) is 0 Å². The fourth-order valence-electron chi connectivity index (χ4n) is 1.81.